The number of nitrogens with one attached hydrogen (secondary N) is 1. The van der Waals surface area contributed by atoms with Gasteiger partial charge < -0.3 is 15.2 Å². The van der Waals surface area contributed by atoms with E-state index in [0.717, 1.165) is 5.56 Å². The topological polar surface area (TPSA) is 75.6 Å². The molecule has 5 heteroatoms. The lowest BCUT2D eigenvalue weighted by molar-refractivity contribution is -0.140. The SMILES string of the molecule is COC(C)(C)C(=O)Nc1ccc(C2(C(=O)O)CC2)cc1. The van der Waals surface area contributed by atoms with Gasteiger partial charge in [0.25, 0.3) is 5.91 Å². The van der Waals surface area contributed by atoms with Gasteiger partial charge in [-0.25, -0.2) is 0 Å². The Morgan fingerprint density at radius 1 is 1.25 bits per heavy atom. The summed E-state index contributed by atoms with van der Waals surface area (Å²) in [5.41, 5.74) is -0.203. The molecule has 1 amide bonds. The van der Waals surface area contributed by atoms with E-state index < -0.39 is 17.0 Å². The summed E-state index contributed by atoms with van der Waals surface area (Å²) in [6.07, 6.45) is 1.34. The monoisotopic (exact) mass is 277 g/mol. The van der Waals surface area contributed by atoms with E-state index in [-0.39, 0.29) is 5.91 Å². The Morgan fingerprint density at radius 2 is 1.80 bits per heavy atom. The van der Waals surface area contributed by atoms with Gasteiger partial charge in [0.05, 0.1) is 5.41 Å². The maximum Gasteiger partial charge on any atom is 0.314 e. The van der Waals surface area contributed by atoms with Crippen LogP contribution in [0, 0.1) is 0 Å². The number of anilines is 1. The van der Waals surface area contributed by atoms with Crippen molar-refractivity contribution in [2.24, 2.45) is 0 Å². The second kappa shape index (κ2) is 4.90. The lowest BCUT2D eigenvalue weighted by atomic mass is 9.96. The summed E-state index contributed by atoms with van der Waals surface area (Å²) < 4.78 is 5.10. The molecule has 0 saturated heterocycles. The molecule has 0 radical (unpaired) electrons. The highest BCUT2D eigenvalue weighted by Gasteiger charge is 2.51. The van der Waals surface area contributed by atoms with Crippen molar-refractivity contribution < 1.29 is 19.4 Å². The second-order valence-electron chi connectivity index (χ2n) is 5.63. The number of aliphatic carboxylic acids is 1. The third-order valence-corrected chi connectivity index (χ3v) is 3.91. The van der Waals surface area contributed by atoms with Gasteiger partial charge in [0, 0.05) is 12.8 Å². The van der Waals surface area contributed by atoms with Gasteiger partial charge in [0.1, 0.15) is 5.60 Å². The van der Waals surface area contributed by atoms with Gasteiger partial charge in [-0.3, -0.25) is 9.59 Å². The molecule has 1 aromatic rings. The van der Waals surface area contributed by atoms with Gasteiger partial charge in [-0.15, -0.1) is 0 Å². The van der Waals surface area contributed by atoms with Crippen molar-refractivity contribution in [2.45, 2.75) is 37.7 Å². The molecule has 0 bridgehead atoms. The number of hydrogen-bond donors (Lipinski definition) is 2. The van der Waals surface area contributed by atoms with Crippen molar-refractivity contribution in [1.82, 2.24) is 0 Å². The highest BCUT2D eigenvalue weighted by Crippen LogP contribution is 2.48. The Bertz CT molecular complexity index is 529. The quantitative estimate of drug-likeness (QED) is 0.864. The zero-order valence-corrected chi connectivity index (χ0v) is 11.9. The van der Waals surface area contributed by atoms with E-state index in [1.807, 2.05) is 0 Å². The number of carbonyl (C=O) groups is 2. The highest BCUT2D eigenvalue weighted by atomic mass is 16.5. The molecule has 2 N–H and O–H groups in total. The molecule has 0 unspecified atom stereocenters. The molecule has 0 spiro atoms. The standard InChI is InChI=1S/C15H19NO4/c1-14(2,20-3)12(17)16-11-6-4-10(5-7-11)15(8-9-15)13(18)19/h4-7H,8-9H2,1-3H3,(H,16,17)(H,18,19). The number of amides is 1. The summed E-state index contributed by atoms with van der Waals surface area (Å²) >= 11 is 0. The predicted octanol–water partition coefficient (Wildman–Crippen LogP) is 2.17. The first kappa shape index (κ1) is 14.5. The lowest BCUT2D eigenvalue weighted by Gasteiger charge is -2.21. The molecule has 1 aliphatic carbocycles. The molecule has 5 nitrogen and oxygen atoms in total. The van der Waals surface area contributed by atoms with Crippen LogP contribution in [-0.2, 0) is 19.7 Å². The molecule has 0 aliphatic heterocycles. The lowest BCUT2D eigenvalue weighted by Crippen LogP contribution is -2.38. The Morgan fingerprint density at radius 3 is 2.20 bits per heavy atom. The molecule has 0 heterocycles. The van der Waals surface area contributed by atoms with E-state index in [1.165, 1.54) is 7.11 Å². The maximum atomic E-state index is 11.9. The van der Waals surface area contributed by atoms with Crippen LogP contribution in [0.3, 0.4) is 0 Å². The summed E-state index contributed by atoms with van der Waals surface area (Å²) in [6.45, 7) is 3.36. The molecule has 1 saturated carbocycles. The van der Waals surface area contributed by atoms with Crippen molar-refractivity contribution >= 4 is 17.6 Å². The minimum Gasteiger partial charge on any atom is -0.481 e. The van der Waals surface area contributed by atoms with Gasteiger partial charge >= 0.3 is 5.97 Å². The first-order valence-electron chi connectivity index (χ1n) is 6.52. The van der Waals surface area contributed by atoms with E-state index in [4.69, 9.17) is 4.74 Å². The predicted molar refractivity (Wildman–Crippen MR) is 74.7 cm³/mol. The van der Waals surface area contributed by atoms with E-state index in [2.05, 4.69) is 5.32 Å². The zero-order chi connectivity index (χ0) is 15.0. The van der Waals surface area contributed by atoms with Crippen LogP contribution in [0.2, 0.25) is 0 Å². The van der Waals surface area contributed by atoms with Gasteiger partial charge in [0.15, 0.2) is 0 Å². The molecular weight excluding hydrogens is 258 g/mol. The number of carboxylic acids is 1. The summed E-state index contributed by atoms with van der Waals surface area (Å²) in [5.74, 6) is -1.03. The van der Waals surface area contributed by atoms with Crippen LogP contribution in [0.15, 0.2) is 24.3 Å². The zero-order valence-electron chi connectivity index (χ0n) is 11.9. The fourth-order valence-electron chi connectivity index (χ4n) is 2.00. The Balaban J connectivity index is 2.10. The molecule has 0 atom stereocenters. The van der Waals surface area contributed by atoms with Gasteiger partial charge in [-0.1, -0.05) is 12.1 Å². The fraction of sp³-hybridized carbons (Fsp3) is 0.467. The van der Waals surface area contributed by atoms with E-state index >= 15 is 0 Å². The molecule has 1 aromatic carbocycles. The minimum atomic E-state index is -0.905. The average Bonchev–Trinajstić information content (AvgIpc) is 3.21. The first-order valence-corrected chi connectivity index (χ1v) is 6.52. The Hall–Kier alpha value is -1.88. The van der Waals surface area contributed by atoms with Crippen LogP contribution in [0.5, 0.6) is 0 Å². The molecule has 20 heavy (non-hydrogen) atoms. The summed E-state index contributed by atoms with van der Waals surface area (Å²) in [4.78, 5) is 23.2. The smallest absolute Gasteiger partial charge is 0.314 e. The number of hydrogen-bond acceptors (Lipinski definition) is 3. The van der Waals surface area contributed by atoms with E-state index in [9.17, 15) is 14.7 Å². The van der Waals surface area contributed by atoms with Crippen LogP contribution in [0.1, 0.15) is 32.3 Å². The van der Waals surface area contributed by atoms with Crippen LogP contribution in [-0.4, -0.2) is 29.7 Å². The molecule has 1 fully saturated rings. The number of rotatable bonds is 5. The highest BCUT2D eigenvalue weighted by molar-refractivity contribution is 5.96. The summed E-state index contributed by atoms with van der Waals surface area (Å²) in [7, 11) is 1.48. The second-order valence-corrected chi connectivity index (χ2v) is 5.63. The van der Waals surface area contributed by atoms with Crippen molar-refractivity contribution in [3.05, 3.63) is 29.8 Å². The molecule has 0 aromatic heterocycles. The molecule has 2 rings (SSSR count). The average molecular weight is 277 g/mol. The number of carbonyl (C=O) groups excluding carboxylic acids is 1. The van der Waals surface area contributed by atoms with Gasteiger partial charge in [0.2, 0.25) is 0 Å². The third-order valence-electron chi connectivity index (χ3n) is 3.91. The summed E-state index contributed by atoms with van der Waals surface area (Å²) in [6, 6.07) is 6.97. The van der Waals surface area contributed by atoms with Crippen LogP contribution >= 0.6 is 0 Å². The number of ether oxygens (including phenoxy) is 1. The minimum absolute atomic E-state index is 0.243. The van der Waals surface area contributed by atoms with Crippen molar-refractivity contribution in [3.8, 4) is 0 Å². The maximum absolute atomic E-state index is 11.9. The first-order chi connectivity index (χ1) is 9.32. The molecule has 108 valence electrons. The van der Waals surface area contributed by atoms with Crippen LogP contribution < -0.4 is 5.32 Å². The van der Waals surface area contributed by atoms with E-state index in [0.29, 0.717) is 18.5 Å². The largest absolute Gasteiger partial charge is 0.481 e. The number of carboxylic acid groups (broad SMARTS) is 1. The fourth-order valence-corrected chi connectivity index (χ4v) is 2.00. The van der Waals surface area contributed by atoms with Crippen LogP contribution in [0.4, 0.5) is 5.69 Å². The van der Waals surface area contributed by atoms with Crippen molar-refractivity contribution in [2.75, 3.05) is 12.4 Å². The Labute approximate surface area is 117 Å². The molecular formula is C15H19NO4. The Kier molecular flexibility index (Phi) is 3.56. The molecule has 1 aliphatic rings. The van der Waals surface area contributed by atoms with Crippen molar-refractivity contribution in [1.29, 1.82) is 0 Å². The van der Waals surface area contributed by atoms with Gasteiger partial charge in [-0.2, -0.15) is 0 Å². The van der Waals surface area contributed by atoms with E-state index in [1.54, 1.807) is 38.1 Å². The van der Waals surface area contributed by atoms with Crippen molar-refractivity contribution in [3.63, 3.8) is 0 Å². The third kappa shape index (κ3) is 2.54. The van der Waals surface area contributed by atoms with Gasteiger partial charge in [-0.05, 0) is 44.4 Å². The normalized spacial score (nSPS) is 16.6. The van der Waals surface area contributed by atoms with Crippen LogP contribution in [0.25, 0.3) is 0 Å². The number of benzene rings is 1. The number of methoxy groups -OCH3 is 1. The summed E-state index contributed by atoms with van der Waals surface area (Å²) in [5, 5.41) is 12.0.